The number of hydrogen-bond acceptors (Lipinski definition) is 4. The summed E-state index contributed by atoms with van der Waals surface area (Å²) in [6.07, 6.45) is 4.74. The fourth-order valence-electron chi connectivity index (χ4n) is 4.10. The summed E-state index contributed by atoms with van der Waals surface area (Å²) in [5.41, 5.74) is 1.76. The number of ketones is 1. The number of carbonyl (C=O) groups excluding carboxylic acids is 2. The zero-order valence-corrected chi connectivity index (χ0v) is 15.6. The summed E-state index contributed by atoms with van der Waals surface area (Å²) in [5, 5.41) is 0. The van der Waals surface area contributed by atoms with Crippen molar-refractivity contribution in [2.75, 3.05) is 13.1 Å². The zero-order valence-electron chi connectivity index (χ0n) is 15.6. The Hall–Kier alpha value is -3.02. The molecule has 0 spiro atoms. The second-order valence-corrected chi connectivity index (χ2v) is 7.13. The van der Waals surface area contributed by atoms with Crippen LogP contribution in [0, 0.1) is 6.92 Å². The van der Waals surface area contributed by atoms with Gasteiger partial charge in [0.2, 0.25) is 5.78 Å². The highest BCUT2D eigenvalue weighted by molar-refractivity contribution is 5.95. The van der Waals surface area contributed by atoms with Crippen LogP contribution in [0.1, 0.15) is 41.5 Å². The number of benzene rings is 1. The number of aromatic nitrogens is 3. The molecule has 0 unspecified atom stereocenters. The second kappa shape index (κ2) is 6.61. The van der Waals surface area contributed by atoms with Gasteiger partial charge in [-0.3, -0.25) is 14.0 Å². The Morgan fingerprint density at radius 1 is 1.07 bits per heavy atom. The summed E-state index contributed by atoms with van der Waals surface area (Å²) in [4.78, 5) is 36.1. The van der Waals surface area contributed by atoms with Gasteiger partial charge in [-0.15, -0.1) is 0 Å². The van der Waals surface area contributed by atoms with Gasteiger partial charge in [-0.05, 0) is 38.3 Å². The van der Waals surface area contributed by atoms with E-state index < -0.39 is 5.41 Å². The molecule has 6 heteroatoms. The van der Waals surface area contributed by atoms with E-state index in [2.05, 4.69) is 9.97 Å². The standard InChI is InChI=1S/C21H22N4O2/c1-15-18(25-12-6-11-22-20(25)23-15)19(27)24-13-9-21(10-14-24,16(2)26)17-7-4-3-5-8-17/h3-8,11-12H,9-10,13-14H2,1-2H3. The van der Waals surface area contributed by atoms with E-state index >= 15 is 0 Å². The van der Waals surface area contributed by atoms with Gasteiger partial charge >= 0.3 is 0 Å². The molecule has 0 atom stereocenters. The van der Waals surface area contributed by atoms with E-state index in [4.69, 9.17) is 0 Å². The number of aryl methyl sites for hydroxylation is 1. The topological polar surface area (TPSA) is 67.6 Å². The number of imidazole rings is 1. The molecule has 0 N–H and O–H groups in total. The van der Waals surface area contributed by atoms with Crippen LogP contribution >= 0.6 is 0 Å². The van der Waals surface area contributed by atoms with Crippen molar-refractivity contribution in [1.29, 1.82) is 0 Å². The maximum atomic E-state index is 13.2. The fraction of sp³-hybridized carbons (Fsp3) is 0.333. The van der Waals surface area contributed by atoms with E-state index in [0.29, 0.717) is 43.1 Å². The van der Waals surface area contributed by atoms with Crippen molar-refractivity contribution in [3.63, 3.8) is 0 Å². The lowest BCUT2D eigenvalue weighted by Crippen LogP contribution is -2.48. The molecule has 1 fully saturated rings. The maximum absolute atomic E-state index is 13.2. The van der Waals surface area contributed by atoms with Gasteiger partial charge in [0.1, 0.15) is 11.5 Å². The highest BCUT2D eigenvalue weighted by atomic mass is 16.2. The van der Waals surface area contributed by atoms with Gasteiger partial charge in [-0.1, -0.05) is 30.3 Å². The van der Waals surface area contributed by atoms with E-state index in [1.807, 2.05) is 48.4 Å². The number of fused-ring (bicyclic) bond motifs is 1. The third-order valence-electron chi connectivity index (χ3n) is 5.69. The molecule has 3 heterocycles. The third-order valence-corrected chi connectivity index (χ3v) is 5.69. The molecule has 1 aliphatic heterocycles. The van der Waals surface area contributed by atoms with Crippen LogP contribution in [-0.2, 0) is 10.2 Å². The van der Waals surface area contributed by atoms with Crippen molar-refractivity contribution < 1.29 is 9.59 Å². The van der Waals surface area contributed by atoms with Crippen molar-refractivity contribution in [2.24, 2.45) is 0 Å². The van der Waals surface area contributed by atoms with Gasteiger partial charge in [0, 0.05) is 25.5 Å². The van der Waals surface area contributed by atoms with Crippen LogP contribution in [0.2, 0.25) is 0 Å². The predicted octanol–water partition coefficient (Wildman–Crippen LogP) is 2.80. The summed E-state index contributed by atoms with van der Waals surface area (Å²) in [5.74, 6) is 0.631. The maximum Gasteiger partial charge on any atom is 0.272 e. The molecule has 138 valence electrons. The fourth-order valence-corrected chi connectivity index (χ4v) is 4.10. The number of Topliss-reactive ketones (excluding diaryl/α,β-unsaturated/α-hetero) is 1. The SMILES string of the molecule is CC(=O)C1(c2ccccc2)CCN(C(=O)c2c(C)nc3ncccn23)CC1. The van der Waals surface area contributed by atoms with Crippen LogP contribution in [0.5, 0.6) is 0 Å². The molecule has 1 aromatic carbocycles. The summed E-state index contributed by atoms with van der Waals surface area (Å²) in [6, 6.07) is 11.7. The van der Waals surface area contributed by atoms with Crippen LogP contribution in [0.3, 0.4) is 0 Å². The molecule has 0 aliphatic carbocycles. The Kier molecular flexibility index (Phi) is 4.26. The lowest BCUT2D eigenvalue weighted by atomic mass is 9.70. The summed E-state index contributed by atoms with van der Waals surface area (Å²) in [6.45, 7) is 4.57. The average molecular weight is 362 g/mol. The van der Waals surface area contributed by atoms with Crippen molar-refractivity contribution in [3.05, 3.63) is 65.7 Å². The van der Waals surface area contributed by atoms with E-state index in [9.17, 15) is 9.59 Å². The number of hydrogen-bond donors (Lipinski definition) is 0. The summed E-state index contributed by atoms with van der Waals surface area (Å²) >= 11 is 0. The highest BCUT2D eigenvalue weighted by Gasteiger charge is 2.41. The molecule has 27 heavy (non-hydrogen) atoms. The molecule has 4 rings (SSSR count). The lowest BCUT2D eigenvalue weighted by molar-refractivity contribution is -0.124. The van der Waals surface area contributed by atoms with Crippen LogP contribution in [-0.4, -0.2) is 44.0 Å². The van der Waals surface area contributed by atoms with Crippen molar-refractivity contribution in [2.45, 2.75) is 32.1 Å². The number of amides is 1. The summed E-state index contributed by atoms with van der Waals surface area (Å²) < 4.78 is 1.74. The third kappa shape index (κ3) is 2.81. The van der Waals surface area contributed by atoms with Crippen molar-refractivity contribution in [1.82, 2.24) is 19.3 Å². The molecule has 1 amide bonds. The zero-order chi connectivity index (χ0) is 19.0. The van der Waals surface area contributed by atoms with Gasteiger partial charge in [0.25, 0.3) is 5.91 Å². The first-order valence-corrected chi connectivity index (χ1v) is 9.18. The molecule has 0 saturated carbocycles. The number of carbonyl (C=O) groups is 2. The number of piperidine rings is 1. The number of likely N-dealkylation sites (tertiary alicyclic amines) is 1. The Morgan fingerprint density at radius 3 is 2.44 bits per heavy atom. The molecule has 1 saturated heterocycles. The molecule has 0 bridgehead atoms. The van der Waals surface area contributed by atoms with Crippen molar-refractivity contribution >= 4 is 17.5 Å². The molecular weight excluding hydrogens is 340 g/mol. The Bertz CT molecular complexity index is 1000. The first-order valence-electron chi connectivity index (χ1n) is 9.18. The largest absolute Gasteiger partial charge is 0.337 e. The lowest BCUT2D eigenvalue weighted by Gasteiger charge is -2.40. The van der Waals surface area contributed by atoms with Crippen LogP contribution in [0.25, 0.3) is 5.78 Å². The molecule has 1 aliphatic rings. The normalized spacial score (nSPS) is 16.4. The molecular formula is C21H22N4O2. The van der Waals surface area contributed by atoms with Gasteiger partial charge in [-0.25, -0.2) is 9.97 Å². The second-order valence-electron chi connectivity index (χ2n) is 7.13. The number of nitrogens with zero attached hydrogens (tertiary/aromatic N) is 4. The Labute approximate surface area is 157 Å². The highest BCUT2D eigenvalue weighted by Crippen LogP contribution is 2.37. The Morgan fingerprint density at radius 2 is 1.78 bits per heavy atom. The van der Waals surface area contributed by atoms with Gasteiger partial charge in [0.05, 0.1) is 11.1 Å². The van der Waals surface area contributed by atoms with Crippen LogP contribution in [0.4, 0.5) is 0 Å². The van der Waals surface area contributed by atoms with E-state index in [1.165, 1.54) is 0 Å². The van der Waals surface area contributed by atoms with Gasteiger partial charge in [0.15, 0.2) is 0 Å². The minimum Gasteiger partial charge on any atom is -0.337 e. The Balaban J connectivity index is 1.61. The minimum atomic E-state index is -0.506. The van der Waals surface area contributed by atoms with Crippen LogP contribution < -0.4 is 0 Å². The first-order chi connectivity index (χ1) is 13.0. The molecule has 2 aromatic heterocycles. The number of rotatable bonds is 3. The van der Waals surface area contributed by atoms with E-state index in [-0.39, 0.29) is 11.7 Å². The van der Waals surface area contributed by atoms with Crippen molar-refractivity contribution in [3.8, 4) is 0 Å². The first kappa shape index (κ1) is 17.4. The molecule has 6 nitrogen and oxygen atoms in total. The quantitative estimate of drug-likeness (QED) is 0.718. The minimum absolute atomic E-state index is 0.0572. The smallest absolute Gasteiger partial charge is 0.272 e. The monoisotopic (exact) mass is 362 g/mol. The van der Waals surface area contributed by atoms with Gasteiger partial charge in [-0.2, -0.15) is 0 Å². The average Bonchev–Trinajstić information content (AvgIpc) is 3.03. The predicted molar refractivity (Wildman–Crippen MR) is 102 cm³/mol. The molecule has 3 aromatic rings. The summed E-state index contributed by atoms with van der Waals surface area (Å²) in [7, 11) is 0. The van der Waals surface area contributed by atoms with Gasteiger partial charge < -0.3 is 4.90 Å². The van der Waals surface area contributed by atoms with E-state index in [0.717, 1.165) is 5.56 Å². The van der Waals surface area contributed by atoms with E-state index in [1.54, 1.807) is 23.6 Å². The van der Waals surface area contributed by atoms with Crippen LogP contribution in [0.15, 0.2) is 48.8 Å². The molecule has 0 radical (unpaired) electrons.